The van der Waals surface area contributed by atoms with E-state index < -0.39 is 0 Å². The molecule has 0 bridgehead atoms. The fourth-order valence-electron chi connectivity index (χ4n) is 3.04. The van der Waals surface area contributed by atoms with E-state index in [2.05, 4.69) is 22.1 Å². The Morgan fingerprint density at radius 2 is 1.06 bits per heavy atom. The Morgan fingerprint density at radius 1 is 0.667 bits per heavy atom. The van der Waals surface area contributed by atoms with Crippen molar-refractivity contribution < 1.29 is 40.0 Å². The first-order chi connectivity index (χ1) is 15.5. The van der Waals surface area contributed by atoms with Crippen LogP contribution in [-0.2, 0) is 35.2 Å². The Bertz CT molecular complexity index is 1080. The van der Waals surface area contributed by atoms with Crippen LogP contribution in [0.5, 0.6) is 23.0 Å². The zero-order chi connectivity index (χ0) is 23.1. The van der Waals surface area contributed by atoms with E-state index in [-0.39, 0.29) is 21.1 Å². The van der Waals surface area contributed by atoms with Crippen LogP contribution in [0.2, 0.25) is 0 Å². The van der Waals surface area contributed by atoms with Gasteiger partial charge in [0, 0.05) is 61.9 Å². The molecule has 0 aliphatic rings. The molecule has 176 valence electrons. The average molecular weight is 630 g/mol. The van der Waals surface area contributed by atoms with Crippen molar-refractivity contribution in [2.24, 2.45) is 14.1 Å². The maximum Gasteiger partial charge on any atom is 2.00 e. The first-order valence-electron chi connectivity index (χ1n) is 9.75. The summed E-state index contributed by atoms with van der Waals surface area (Å²) in [7, 11) is 10.3. The van der Waals surface area contributed by atoms with Crippen LogP contribution in [0.4, 0.5) is 0 Å². The summed E-state index contributed by atoms with van der Waals surface area (Å²) in [6, 6.07) is 13.4. The Hall–Kier alpha value is -3.25. The molecule has 2 aromatic carbocycles. The maximum absolute atomic E-state index is 5.30. The molecule has 2 aromatic heterocycles. The minimum absolute atomic E-state index is 0. The van der Waals surface area contributed by atoms with Gasteiger partial charge in [0.05, 0.1) is 40.1 Å². The number of ether oxygens (including phenoxy) is 4. The zero-order valence-electron chi connectivity index (χ0n) is 19.4. The summed E-state index contributed by atoms with van der Waals surface area (Å²) in [5.41, 5.74) is 1.66. The van der Waals surface area contributed by atoms with Gasteiger partial charge in [-0.25, -0.2) is 0 Å². The van der Waals surface area contributed by atoms with Crippen LogP contribution in [-0.4, -0.2) is 47.5 Å². The summed E-state index contributed by atoms with van der Waals surface area (Å²) < 4.78 is 24.7. The molecular formula is C24H26N4O4Pt. The fourth-order valence-corrected chi connectivity index (χ4v) is 3.04. The van der Waals surface area contributed by atoms with Crippen LogP contribution in [0.25, 0.3) is 22.8 Å². The number of nitrogens with zero attached hydrogens (tertiary/aromatic N) is 4. The van der Waals surface area contributed by atoms with E-state index in [1.54, 1.807) is 53.0 Å². The monoisotopic (exact) mass is 629 g/mol. The molecule has 2 heterocycles. The van der Waals surface area contributed by atoms with Gasteiger partial charge in [-0.2, -0.15) is 0 Å². The number of imidazole rings is 2. The number of aromatic nitrogens is 4. The minimum Gasteiger partial charge on any atom is -0.540 e. The van der Waals surface area contributed by atoms with Crippen LogP contribution in [0, 0.1) is 12.1 Å². The smallest absolute Gasteiger partial charge is 0.540 e. The van der Waals surface area contributed by atoms with E-state index in [9.17, 15) is 0 Å². The van der Waals surface area contributed by atoms with E-state index in [0.29, 0.717) is 11.5 Å². The molecule has 0 radical (unpaired) electrons. The molecule has 8 nitrogen and oxygen atoms in total. The third-order valence-corrected chi connectivity index (χ3v) is 4.76. The largest absolute Gasteiger partial charge is 2.00 e. The van der Waals surface area contributed by atoms with Crippen molar-refractivity contribution in [3.8, 4) is 45.8 Å². The molecule has 0 atom stereocenters. The van der Waals surface area contributed by atoms with Crippen molar-refractivity contribution in [1.82, 2.24) is 19.1 Å². The van der Waals surface area contributed by atoms with E-state index in [4.69, 9.17) is 18.9 Å². The van der Waals surface area contributed by atoms with Gasteiger partial charge >= 0.3 is 21.1 Å². The molecule has 0 aliphatic carbocycles. The van der Waals surface area contributed by atoms with Crippen LogP contribution in [0.1, 0.15) is 0 Å². The molecule has 0 N–H and O–H groups in total. The van der Waals surface area contributed by atoms with Crippen molar-refractivity contribution >= 4 is 0 Å². The summed E-state index contributed by atoms with van der Waals surface area (Å²) in [5.74, 6) is 4.48. The van der Waals surface area contributed by atoms with Gasteiger partial charge in [-0.15, -0.1) is 24.3 Å². The summed E-state index contributed by atoms with van der Waals surface area (Å²) >= 11 is 0. The Labute approximate surface area is 208 Å². The maximum atomic E-state index is 5.30. The van der Waals surface area contributed by atoms with Gasteiger partial charge in [-0.1, -0.05) is 23.3 Å². The Morgan fingerprint density at radius 3 is 1.33 bits per heavy atom. The van der Waals surface area contributed by atoms with Crippen LogP contribution < -0.4 is 18.9 Å². The third kappa shape index (κ3) is 5.96. The number of methoxy groups -OCH3 is 4. The molecule has 0 fully saturated rings. The average Bonchev–Trinajstić information content (AvgIpc) is 3.46. The molecular weight excluding hydrogens is 603 g/mol. The summed E-state index contributed by atoms with van der Waals surface area (Å²) in [5, 5.41) is 0. The van der Waals surface area contributed by atoms with E-state index in [0.717, 1.165) is 34.3 Å². The Balaban J connectivity index is 0.000000227. The third-order valence-electron chi connectivity index (χ3n) is 4.76. The standard InChI is InChI=1S/2C12H13N2O2.Pt/c2*1-14-7-6-13-12(14)10-5-4-9(15-2)8-11(10)16-3;/h2*4,6-8H,1-3H3;/q2*-1;+2. The van der Waals surface area contributed by atoms with Crippen molar-refractivity contribution in [2.75, 3.05) is 28.4 Å². The first-order valence-corrected chi connectivity index (χ1v) is 9.75. The van der Waals surface area contributed by atoms with Gasteiger partial charge < -0.3 is 28.1 Å². The second-order valence-corrected chi connectivity index (χ2v) is 6.69. The molecule has 0 unspecified atom stereocenters. The van der Waals surface area contributed by atoms with Gasteiger partial charge in [0.1, 0.15) is 0 Å². The molecule has 4 aromatic rings. The van der Waals surface area contributed by atoms with E-state index >= 15 is 0 Å². The summed E-state index contributed by atoms with van der Waals surface area (Å²) in [4.78, 5) is 8.52. The number of hydrogen-bond donors (Lipinski definition) is 0. The number of hydrogen-bond acceptors (Lipinski definition) is 6. The van der Waals surface area contributed by atoms with Crippen molar-refractivity contribution in [1.29, 1.82) is 0 Å². The van der Waals surface area contributed by atoms with Gasteiger partial charge in [0.25, 0.3) is 0 Å². The van der Waals surface area contributed by atoms with E-state index in [1.165, 1.54) is 0 Å². The second-order valence-electron chi connectivity index (χ2n) is 6.69. The second kappa shape index (κ2) is 12.1. The number of benzene rings is 2. The van der Waals surface area contributed by atoms with Gasteiger partial charge in [-0.3, -0.25) is 9.97 Å². The molecule has 9 heteroatoms. The van der Waals surface area contributed by atoms with Crippen molar-refractivity contribution in [3.63, 3.8) is 0 Å². The summed E-state index contributed by atoms with van der Waals surface area (Å²) in [6.45, 7) is 0. The van der Waals surface area contributed by atoms with Gasteiger partial charge in [-0.05, 0) is 0 Å². The summed E-state index contributed by atoms with van der Waals surface area (Å²) in [6.07, 6.45) is 7.25. The van der Waals surface area contributed by atoms with Crippen LogP contribution in [0.15, 0.2) is 49.1 Å². The van der Waals surface area contributed by atoms with Crippen molar-refractivity contribution in [2.45, 2.75) is 0 Å². The van der Waals surface area contributed by atoms with Crippen molar-refractivity contribution in [3.05, 3.63) is 61.2 Å². The predicted molar refractivity (Wildman–Crippen MR) is 121 cm³/mol. The SMILES string of the molecule is COc1c[c-]c(-c2nccn2C)c(OC)c1.COc1c[c-]c(-c2nccn2C)c(OC)c1.[Pt+2]. The number of rotatable bonds is 6. The molecule has 0 saturated heterocycles. The Kier molecular flexibility index (Phi) is 9.55. The minimum atomic E-state index is 0. The molecule has 33 heavy (non-hydrogen) atoms. The number of aryl methyl sites for hydroxylation is 2. The molecule has 0 amide bonds. The molecule has 0 aliphatic heterocycles. The zero-order valence-corrected chi connectivity index (χ0v) is 21.6. The van der Waals surface area contributed by atoms with Gasteiger partial charge in [0.2, 0.25) is 0 Å². The van der Waals surface area contributed by atoms with Gasteiger partial charge in [0.15, 0.2) is 0 Å². The quantitative estimate of drug-likeness (QED) is 0.303. The molecule has 4 rings (SSSR count). The molecule has 0 spiro atoms. The fraction of sp³-hybridized carbons (Fsp3) is 0.250. The first kappa shape index (κ1) is 26.0. The van der Waals surface area contributed by atoms with Crippen LogP contribution in [0.3, 0.4) is 0 Å². The van der Waals surface area contributed by atoms with Crippen LogP contribution >= 0.6 is 0 Å². The molecule has 0 saturated carbocycles. The predicted octanol–water partition coefficient (Wildman–Crippen LogP) is 3.81. The van der Waals surface area contributed by atoms with E-state index in [1.807, 2.05) is 47.8 Å². The topological polar surface area (TPSA) is 72.6 Å². The normalized spacial score (nSPS) is 9.88.